The molecule has 1 amide bonds. The zero-order valence-corrected chi connectivity index (χ0v) is 10.9. The molecule has 0 spiro atoms. The van der Waals surface area contributed by atoms with Crippen molar-refractivity contribution in [2.75, 3.05) is 5.32 Å². The van der Waals surface area contributed by atoms with Crippen LogP contribution in [0.3, 0.4) is 0 Å². The third-order valence-electron chi connectivity index (χ3n) is 2.31. The molecule has 0 aliphatic heterocycles. The van der Waals surface area contributed by atoms with Gasteiger partial charge < -0.3 is 16.2 Å². The molecule has 0 atom stereocenters. The number of benzene rings is 1. The maximum absolute atomic E-state index is 11.3. The van der Waals surface area contributed by atoms with E-state index in [-0.39, 0.29) is 12.0 Å². The van der Waals surface area contributed by atoms with E-state index >= 15 is 0 Å². The molecule has 0 fully saturated rings. The van der Waals surface area contributed by atoms with Gasteiger partial charge in [0, 0.05) is 16.2 Å². The Labute approximate surface area is 110 Å². The number of anilines is 1. The number of carbonyl (C=O) groups excluding carboxylic acids is 1. The highest BCUT2D eigenvalue weighted by Crippen LogP contribution is 2.25. The molecule has 0 unspecified atom stereocenters. The fourth-order valence-electron chi connectivity index (χ4n) is 1.62. The molecule has 6 heteroatoms. The molecule has 0 bridgehead atoms. The minimum absolute atomic E-state index is 0.0995. The van der Waals surface area contributed by atoms with Gasteiger partial charge in [-0.25, -0.2) is 0 Å². The lowest BCUT2D eigenvalue weighted by atomic mass is 9.99. The van der Waals surface area contributed by atoms with E-state index in [0.717, 1.165) is 0 Å². The SMILES string of the molecule is CC(C)(CC(=O)O)Nc1cc(Cl)ccc1C(N)=O. The monoisotopic (exact) mass is 270 g/mol. The first kappa shape index (κ1) is 14.3. The second-order valence-corrected chi connectivity index (χ2v) is 5.07. The summed E-state index contributed by atoms with van der Waals surface area (Å²) in [7, 11) is 0. The largest absolute Gasteiger partial charge is 0.481 e. The number of amides is 1. The average Bonchev–Trinajstić information content (AvgIpc) is 2.13. The van der Waals surface area contributed by atoms with Crippen LogP contribution in [0.1, 0.15) is 30.6 Å². The molecule has 1 aromatic carbocycles. The van der Waals surface area contributed by atoms with Crippen molar-refractivity contribution in [3.05, 3.63) is 28.8 Å². The summed E-state index contributed by atoms with van der Waals surface area (Å²) < 4.78 is 0. The molecule has 0 aliphatic carbocycles. The number of primary amides is 1. The summed E-state index contributed by atoms with van der Waals surface area (Å²) in [6.45, 7) is 3.43. The van der Waals surface area contributed by atoms with Crippen LogP contribution in [0.2, 0.25) is 5.02 Å². The quantitative estimate of drug-likeness (QED) is 0.764. The molecule has 1 aromatic rings. The molecular formula is C12H15ClN2O3. The van der Waals surface area contributed by atoms with Gasteiger partial charge in [-0.2, -0.15) is 0 Å². The highest BCUT2D eigenvalue weighted by atomic mass is 35.5. The standard InChI is InChI=1S/C12H15ClN2O3/c1-12(2,6-10(16)17)15-9-5-7(13)3-4-8(9)11(14)18/h3-5,15H,6H2,1-2H3,(H2,14,18)(H,16,17). The van der Waals surface area contributed by atoms with Crippen molar-refractivity contribution < 1.29 is 14.7 Å². The highest BCUT2D eigenvalue weighted by molar-refractivity contribution is 6.31. The number of carboxylic acids is 1. The molecule has 0 aromatic heterocycles. The van der Waals surface area contributed by atoms with Crippen LogP contribution in [-0.4, -0.2) is 22.5 Å². The second kappa shape index (κ2) is 5.27. The van der Waals surface area contributed by atoms with Crippen molar-refractivity contribution in [1.82, 2.24) is 0 Å². The molecule has 0 saturated carbocycles. The third-order valence-corrected chi connectivity index (χ3v) is 2.55. The van der Waals surface area contributed by atoms with Crippen molar-refractivity contribution >= 4 is 29.2 Å². The predicted octanol–water partition coefficient (Wildman–Crippen LogP) is 2.10. The van der Waals surface area contributed by atoms with Crippen molar-refractivity contribution in [2.45, 2.75) is 25.8 Å². The summed E-state index contributed by atoms with van der Waals surface area (Å²) >= 11 is 5.85. The number of rotatable bonds is 5. The van der Waals surface area contributed by atoms with Crippen LogP contribution in [0.15, 0.2) is 18.2 Å². The Kier molecular flexibility index (Phi) is 4.19. The number of halogens is 1. The van der Waals surface area contributed by atoms with Gasteiger partial charge in [-0.05, 0) is 32.0 Å². The number of aliphatic carboxylic acids is 1. The first-order chi connectivity index (χ1) is 8.21. The van der Waals surface area contributed by atoms with E-state index in [9.17, 15) is 9.59 Å². The van der Waals surface area contributed by atoms with Gasteiger partial charge in [0.2, 0.25) is 0 Å². The average molecular weight is 271 g/mol. The molecular weight excluding hydrogens is 256 g/mol. The minimum Gasteiger partial charge on any atom is -0.481 e. The van der Waals surface area contributed by atoms with E-state index in [1.165, 1.54) is 6.07 Å². The van der Waals surface area contributed by atoms with Gasteiger partial charge in [-0.1, -0.05) is 11.6 Å². The number of carboxylic acid groups (broad SMARTS) is 1. The van der Waals surface area contributed by atoms with Gasteiger partial charge in [-0.3, -0.25) is 9.59 Å². The summed E-state index contributed by atoms with van der Waals surface area (Å²) in [6.07, 6.45) is -0.0995. The molecule has 0 heterocycles. The van der Waals surface area contributed by atoms with Gasteiger partial charge >= 0.3 is 5.97 Å². The van der Waals surface area contributed by atoms with E-state index in [2.05, 4.69) is 5.32 Å². The Hall–Kier alpha value is -1.75. The number of carbonyl (C=O) groups is 2. The summed E-state index contributed by atoms with van der Waals surface area (Å²) in [5, 5.41) is 12.2. The van der Waals surface area contributed by atoms with Gasteiger partial charge in [0.25, 0.3) is 5.91 Å². The predicted molar refractivity (Wildman–Crippen MR) is 69.9 cm³/mol. The molecule has 5 nitrogen and oxygen atoms in total. The number of nitrogens with one attached hydrogen (secondary N) is 1. The van der Waals surface area contributed by atoms with E-state index in [1.54, 1.807) is 26.0 Å². The van der Waals surface area contributed by atoms with Crippen molar-refractivity contribution in [3.8, 4) is 0 Å². The van der Waals surface area contributed by atoms with Crippen LogP contribution >= 0.6 is 11.6 Å². The van der Waals surface area contributed by atoms with Crippen LogP contribution < -0.4 is 11.1 Å². The Morgan fingerprint density at radius 3 is 2.56 bits per heavy atom. The zero-order chi connectivity index (χ0) is 13.9. The van der Waals surface area contributed by atoms with Gasteiger partial charge in [0.05, 0.1) is 12.0 Å². The summed E-state index contributed by atoms with van der Waals surface area (Å²) in [5.41, 5.74) is 5.23. The zero-order valence-electron chi connectivity index (χ0n) is 10.2. The van der Waals surface area contributed by atoms with Crippen LogP contribution in [-0.2, 0) is 4.79 Å². The molecule has 18 heavy (non-hydrogen) atoms. The van der Waals surface area contributed by atoms with Crippen LogP contribution in [0.25, 0.3) is 0 Å². The maximum atomic E-state index is 11.3. The maximum Gasteiger partial charge on any atom is 0.305 e. The van der Waals surface area contributed by atoms with E-state index in [4.69, 9.17) is 22.4 Å². The molecule has 98 valence electrons. The normalized spacial score (nSPS) is 11.1. The van der Waals surface area contributed by atoms with Crippen LogP contribution in [0.4, 0.5) is 5.69 Å². The third kappa shape index (κ3) is 3.92. The Balaban J connectivity index is 3.05. The van der Waals surface area contributed by atoms with Crippen LogP contribution in [0, 0.1) is 0 Å². The van der Waals surface area contributed by atoms with Crippen molar-refractivity contribution in [1.29, 1.82) is 0 Å². The second-order valence-electron chi connectivity index (χ2n) is 4.63. The first-order valence-corrected chi connectivity index (χ1v) is 5.68. The number of hydrogen-bond acceptors (Lipinski definition) is 3. The van der Waals surface area contributed by atoms with Crippen molar-refractivity contribution in [3.63, 3.8) is 0 Å². The molecule has 4 N–H and O–H groups in total. The molecule has 0 radical (unpaired) electrons. The first-order valence-electron chi connectivity index (χ1n) is 5.30. The fourth-order valence-corrected chi connectivity index (χ4v) is 1.79. The lowest BCUT2D eigenvalue weighted by Crippen LogP contribution is -2.34. The molecule has 0 saturated heterocycles. The number of nitrogens with two attached hydrogens (primary N) is 1. The lowest BCUT2D eigenvalue weighted by molar-refractivity contribution is -0.137. The highest BCUT2D eigenvalue weighted by Gasteiger charge is 2.23. The Morgan fingerprint density at radius 2 is 2.06 bits per heavy atom. The van der Waals surface area contributed by atoms with Gasteiger partial charge in [0.15, 0.2) is 0 Å². The van der Waals surface area contributed by atoms with E-state index in [0.29, 0.717) is 10.7 Å². The summed E-state index contributed by atoms with van der Waals surface area (Å²) in [5.74, 6) is -1.53. The smallest absolute Gasteiger partial charge is 0.305 e. The van der Waals surface area contributed by atoms with E-state index < -0.39 is 17.4 Å². The van der Waals surface area contributed by atoms with Gasteiger partial charge in [0.1, 0.15) is 0 Å². The summed E-state index contributed by atoms with van der Waals surface area (Å²) in [6, 6.07) is 4.60. The Morgan fingerprint density at radius 1 is 1.44 bits per heavy atom. The molecule has 1 rings (SSSR count). The Bertz CT molecular complexity index is 486. The van der Waals surface area contributed by atoms with Crippen molar-refractivity contribution in [2.24, 2.45) is 5.73 Å². The summed E-state index contributed by atoms with van der Waals surface area (Å²) in [4.78, 5) is 22.0. The minimum atomic E-state index is -0.935. The van der Waals surface area contributed by atoms with Gasteiger partial charge in [-0.15, -0.1) is 0 Å². The number of hydrogen-bond donors (Lipinski definition) is 3. The van der Waals surface area contributed by atoms with Crippen LogP contribution in [0.5, 0.6) is 0 Å². The lowest BCUT2D eigenvalue weighted by Gasteiger charge is -2.26. The van der Waals surface area contributed by atoms with E-state index in [1.807, 2.05) is 0 Å². The molecule has 0 aliphatic rings. The fraction of sp³-hybridized carbons (Fsp3) is 0.333. The topological polar surface area (TPSA) is 92.4 Å².